The van der Waals surface area contributed by atoms with Crippen LogP contribution in [0.4, 0.5) is 0 Å². The Morgan fingerprint density at radius 1 is 0.795 bits per heavy atom. The SMILES string of the molecule is CCCCOc1ccc2nc(CN(Cc3ccc(OCc4ccccc4)cc3)CC(C)C)n(CCCC)c2c1. The molecule has 4 rings (SSSR count). The summed E-state index contributed by atoms with van der Waals surface area (Å²) >= 11 is 0. The first kappa shape index (κ1) is 28.7. The van der Waals surface area contributed by atoms with Crippen LogP contribution < -0.4 is 9.47 Å². The molecule has 4 aromatic rings. The minimum Gasteiger partial charge on any atom is -0.494 e. The molecule has 0 aliphatic rings. The number of hydrogen-bond donors (Lipinski definition) is 0. The molecule has 1 heterocycles. The second kappa shape index (κ2) is 14.7. The molecule has 0 fully saturated rings. The molecule has 208 valence electrons. The second-order valence-corrected chi connectivity index (χ2v) is 10.9. The average Bonchev–Trinajstić information content (AvgIpc) is 3.27. The maximum atomic E-state index is 6.03. The van der Waals surface area contributed by atoms with Crippen LogP contribution in [-0.2, 0) is 26.2 Å². The summed E-state index contributed by atoms with van der Waals surface area (Å²) in [5.74, 6) is 3.53. The van der Waals surface area contributed by atoms with E-state index >= 15 is 0 Å². The number of hydrogen-bond acceptors (Lipinski definition) is 4. The zero-order valence-electron chi connectivity index (χ0n) is 24.2. The lowest BCUT2D eigenvalue weighted by molar-refractivity contribution is 0.219. The number of aryl methyl sites for hydroxylation is 1. The Kier molecular flexibility index (Phi) is 10.8. The number of fused-ring (bicyclic) bond motifs is 1. The van der Waals surface area contributed by atoms with Crippen molar-refractivity contribution in [1.29, 1.82) is 0 Å². The lowest BCUT2D eigenvalue weighted by Crippen LogP contribution is -2.28. The van der Waals surface area contributed by atoms with E-state index in [2.05, 4.69) is 91.8 Å². The molecule has 0 spiro atoms. The zero-order chi connectivity index (χ0) is 27.5. The minimum atomic E-state index is 0.561. The van der Waals surface area contributed by atoms with Crippen molar-refractivity contribution in [3.63, 3.8) is 0 Å². The number of imidazole rings is 1. The number of aromatic nitrogens is 2. The maximum absolute atomic E-state index is 6.03. The molecule has 5 nitrogen and oxygen atoms in total. The molecular weight excluding hydrogens is 482 g/mol. The Balaban J connectivity index is 1.49. The quantitative estimate of drug-likeness (QED) is 0.138. The van der Waals surface area contributed by atoms with Crippen LogP contribution in [0.2, 0.25) is 0 Å². The fourth-order valence-corrected chi connectivity index (χ4v) is 4.85. The Hall–Kier alpha value is -3.31. The van der Waals surface area contributed by atoms with Crippen LogP contribution in [0, 0.1) is 5.92 Å². The highest BCUT2D eigenvalue weighted by Crippen LogP contribution is 2.25. The molecule has 1 aromatic heterocycles. The third-order valence-electron chi connectivity index (χ3n) is 6.87. The van der Waals surface area contributed by atoms with Crippen molar-refractivity contribution in [2.45, 2.75) is 79.6 Å². The fraction of sp³-hybridized carbons (Fsp3) is 0.441. The van der Waals surface area contributed by atoms with Gasteiger partial charge in [0.25, 0.3) is 0 Å². The molecule has 3 aromatic carbocycles. The van der Waals surface area contributed by atoms with Crippen LogP contribution in [0.1, 0.15) is 70.3 Å². The highest BCUT2D eigenvalue weighted by Gasteiger charge is 2.17. The summed E-state index contributed by atoms with van der Waals surface area (Å²) in [4.78, 5) is 7.63. The fourth-order valence-electron chi connectivity index (χ4n) is 4.85. The largest absolute Gasteiger partial charge is 0.494 e. The summed E-state index contributed by atoms with van der Waals surface area (Å²) in [5, 5.41) is 0. The summed E-state index contributed by atoms with van der Waals surface area (Å²) in [7, 11) is 0. The first-order valence-electron chi connectivity index (χ1n) is 14.7. The number of nitrogens with zero attached hydrogens (tertiary/aromatic N) is 3. The molecule has 0 bridgehead atoms. The van der Waals surface area contributed by atoms with Crippen molar-refractivity contribution in [2.75, 3.05) is 13.2 Å². The van der Waals surface area contributed by atoms with Crippen LogP contribution in [0.5, 0.6) is 11.5 Å². The highest BCUT2D eigenvalue weighted by atomic mass is 16.5. The van der Waals surface area contributed by atoms with Crippen LogP contribution in [0.25, 0.3) is 11.0 Å². The Bertz CT molecular complexity index is 1270. The van der Waals surface area contributed by atoms with Crippen LogP contribution >= 0.6 is 0 Å². The summed E-state index contributed by atoms with van der Waals surface area (Å²) in [6.07, 6.45) is 4.49. The van der Waals surface area contributed by atoms with Gasteiger partial charge < -0.3 is 14.0 Å². The van der Waals surface area contributed by atoms with Gasteiger partial charge in [0.15, 0.2) is 0 Å². The molecular formula is C34H45N3O2. The van der Waals surface area contributed by atoms with Gasteiger partial charge in [-0.1, -0.05) is 83.0 Å². The van der Waals surface area contributed by atoms with E-state index in [0.29, 0.717) is 12.5 Å². The molecule has 0 N–H and O–H groups in total. The predicted octanol–water partition coefficient (Wildman–Crippen LogP) is 8.25. The second-order valence-electron chi connectivity index (χ2n) is 10.9. The molecule has 0 saturated heterocycles. The van der Waals surface area contributed by atoms with Gasteiger partial charge in [0, 0.05) is 25.7 Å². The first-order valence-corrected chi connectivity index (χ1v) is 14.7. The van der Waals surface area contributed by atoms with E-state index in [9.17, 15) is 0 Å². The van der Waals surface area contributed by atoms with E-state index in [1.165, 1.54) is 16.6 Å². The van der Waals surface area contributed by atoms with Crippen molar-refractivity contribution < 1.29 is 9.47 Å². The summed E-state index contributed by atoms with van der Waals surface area (Å²) in [5.41, 5.74) is 4.69. The third-order valence-corrected chi connectivity index (χ3v) is 6.87. The highest BCUT2D eigenvalue weighted by molar-refractivity contribution is 5.77. The standard InChI is InChI=1S/C34H45N3O2/c1-5-7-20-37-33-22-31(38-21-8-6-2)18-19-32(33)35-34(37)25-36(23-27(3)4)24-28-14-16-30(17-15-28)39-26-29-12-10-9-11-13-29/h9-19,22,27H,5-8,20-21,23-26H2,1-4H3. The van der Waals surface area contributed by atoms with E-state index in [1.54, 1.807) is 0 Å². The summed E-state index contributed by atoms with van der Waals surface area (Å²) in [6.45, 7) is 14.0. The van der Waals surface area contributed by atoms with Gasteiger partial charge in [-0.3, -0.25) is 4.90 Å². The maximum Gasteiger partial charge on any atom is 0.124 e. The van der Waals surface area contributed by atoms with Crippen molar-refractivity contribution in [2.24, 2.45) is 5.92 Å². The van der Waals surface area contributed by atoms with E-state index in [4.69, 9.17) is 14.5 Å². The van der Waals surface area contributed by atoms with Crippen molar-refractivity contribution >= 4 is 11.0 Å². The number of ether oxygens (including phenoxy) is 2. The molecule has 5 heteroatoms. The van der Waals surface area contributed by atoms with Gasteiger partial charge in [-0.15, -0.1) is 0 Å². The summed E-state index contributed by atoms with van der Waals surface area (Å²) in [6, 6.07) is 25.2. The topological polar surface area (TPSA) is 39.5 Å². The van der Waals surface area contributed by atoms with Crippen molar-refractivity contribution in [3.8, 4) is 11.5 Å². The average molecular weight is 528 g/mol. The van der Waals surface area contributed by atoms with Gasteiger partial charge in [0.05, 0.1) is 24.2 Å². The lowest BCUT2D eigenvalue weighted by atomic mass is 10.1. The Morgan fingerprint density at radius 2 is 1.54 bits per heavy atom. The number of benzene rings is 3. The third kappa shape index (κ3) is 8.59. The molecule has 0 amide bonds. The van der Waals surface area contributed by atoms with Gasteiger partial charge >= 0.3 is 0 Å². The first-order chi connectivity index (χ1) is 19.1. The molecule has 0 saturated carbocycles. The number of rotatable bonds is 16. The number of unbranched alkanes of at least 4 members (excludes halogenated alkanes) is 2. The molecule has 0 aliphatic carbocycles. The molecule has 0 radical (unpaired) electrons. The van der Waals surface area contributed by atoms with Crippen molar-refractivity contribution in [3.05, 3.63) is 89.7 Å². The molecule has 0 unspecified atom stereocenters. The molecule has 0 atom stereocenters. The Morgan fingerprint density at radius 3 is 2.26 bits per heavy atom. The Labute approximate surface area is 234 Å². The normalized spacial score (nSPS) is 11.5. The predicted molar refractivity (Wildman–Crippen MR) is 161 cm³/mol. The van der Waals surface area contributed by atoms with Crippen LogP contribution in [0.3, 0.4) is 0 Å². The zero-order valence-corrected chi connectivity index (χ0v) is 24.2. The van der Waals surface area contributed by atoms with E-state index < -0.39 is 0 Å². The van der Waals surface area contributed by atoms with Crippen molar-refractivity contribution in [1.82, 2.24) is 14.5 Å². The molecule has 39 heavy (non-hydrogen) atoms. The van der Waals surface area contributed by atoms with E-state index in [1.807, 2.05) is 18.2 Å². The van der Waals surface area contributed by atoms with Gasteiger partial charge in [0.1, 0.15) is 23.9 Å². The van der Waals surface area contributed by atoms with Gasteiger partial charge in [0.2, 0.25) is 0 Å². The monoisotopic (exact) mass is 527 g/mol. The smallest absolute Gasteiger partial charge is 0.124 e. The van der Waals surface area contributed by atoms with Gasteiger partial charge in [-0.25, -0.2) is 4.98 Å². The van der Waals surface area contributed by atoms with E-state index in [0.717, 1.165) is 81.3 Å². The minimum absolute atomic E-state index is 0.561. The van der Waals surface area contributed by atoms with Crippen LogP contribution in [-0.4, -0.2) is 27.6 Å². The van der Waals surface area contributed by atoms with Crippen LogP contribution in [0.15, 0.2) is 72.8 Å². The van der Waals surface area contributed by atoms with E-state index in [-0.39, 0.29) is 0 Å². The summed E-state index contributed by atoms with van der Waals surface area (Å²) < 4.78 is 14.4. The lowest BCUT2D eigenvalue weighted by Gasteiger charge is -2.24. The van der Waals surface area contributed by atoms with Gasteiger partial charge in [-0.05, 0) is 54.2 Å². The molecule has 0 aliphatic heterocycles. The van der Waals surface area contributed by atoms with Gasteiger partial charge in [-0.2, -0.15) is 0 Å².